The van der Waals surface area contributed by atoms with Gasteiger partial charge in [-0.3, -0.25) is 4.79 Å². The van der Waals surface area contributed by atoms with Gasteiger partial charge in [0.15, 0.2) is 0 Å². The van der Waals surface area contributed by atoms with Gasteiger partial charge in [0, 0.05) is 67.4 Å². The van der Waals surface area contributed by atoms with Crippen LogP contribution >= 0.6 is 0 Å². The molecule has 4 aliphatic rings. The van der Waals surface area contributed by atoms with Crippen LogP contribution in [0.5, 0.6) is 0 Å². The molecule has 0 spiro atoms. The van der Waals surface area contributed by atoms with Crippen LogP contribution in [-0.4, -0.2) is 57.9 Å². The normalized spacial score (nSPS) is 27.3. The van der Waals surface area contributed by atoms with Crippen molar-refractivity contribution >= 4 is 17.4 Å². The van der Waals surface area contributed by atoms with E-state index in [2.05, 4.69) is 14.9 Å². The molecule has 174 valence electrons. The number of aromatic nitrogens is 2. The summed E-state index contributed by atoms with van der Waals surface area (Å²) in [6.45, 7) is 7.15. The van der Waals surface area contributed by atoms with E-state index >= 15 is 0 Å². The summed E-state index contributed by atoms with van der Waals surface area (Å²) in [6, 6.07) is 8.62. The maximum absolute atomic E-state index is 14.7. The molecule has 4 atom stereocenters. The fraction of sp³-hybridized carbons (Fsp3) is 0.370. The lowest BCUT2D eigenvalue weighted by Crippen LogP contribution is -2.42. The van der Waals surface area contributed by atoms with E-state index in [4.69, 9.17) is 0 Å². The lowest BCUT2D eigenvalue weighted by atomic mass is 9.87. The number of nitrogens with zero attached hydrogens (tertiary/aromatic N) is 5. The van der Waals surface area contributed by atoms with Gasteiger partial charge in [0.05, 0.1) is 12.0 Å². The number of fused-ring (bicyclic) bond motifs is 2. The number of carbonyl (C=O) groups is 1. The molecule has 2 fully saturated rings. The monoisotopic (exact) mass is 457 g/mol. The Morgan fingerprint density at radius 1 is 1.00 bits per heavy atom. The fourth-order valence-corrected chi connectivity index (χ4v) is 5.96. The lowest BCUT2D eigenvalue weighted by molar-refractivity contribution is -0.133. The third kappa shape index (κ3) is 3.50. The Hall–Kier alpha value is -3.48. The number of rotatable bonds is 3. The predicted molar refractivity (Wildman–Crippen MR) is 129 cm³/mol. The minimum Gasteiger partial charge on any atom is -0.346 e. The highest BCUT2D eigenvalue weighted by Crippen LogP contribution is 2.41. The van der Waals surface area contributed by atoms with Crippen molar-refractivity contribution < 1.29 is 9.18 Å². The number of halogens is 1. The Morgan fingerprint density at radius 2 is 1.71 bits per heavy atom. The summed E-state index contributed by atoms with van der Waals surface area (Å²) >= 11 is 0. The molecule has 7 heteroatoms. The summed E-state index contributed by atoms with van der Waals surface area (Å²) in [6.07, 6.45) is 9.85. The van der Waals surface area contributed by atoms with Crippen molar-refractivity contribution in [1.29, 1.82) is 0 Å². The number of likely N-dealkylation sites (tertiary alicyclic amines) is 1. The summed E-state index contributed by atoms with van der Waals surface area (Å²) < 4.78 is 14.7. The van der Waals surface area contributed by atoms with Crippen molar-refractivity contribution in [3.05, 3.63) is 83.7 Å². The minimum atomic E-state index is -0.421. The largest absolute Gasteiger partial charge is 0.346 e. The van der Waals surface area contributed by atoms with Crippen LogP contribution in [0.2, 0.25) is 0 Å². The first-order chi connectivity index (χ1) is 16.5. The Balaban J connectivity index is 1.22. The molecule has 2 saturated heterocycles. The molecule has 34 heavy (non-hydrogen) atoms. The van der Waals surface area contributed by atoms with Gasteiger partial charge in [-0.1, -0.05) is 30.4 Å². The molecule has 0 saturated carbocycles. The third-order valence-electron chi connectivity index (χ3n) is 7.49. The second kappa shape index (κ2) is 8.08. The number of allylic oxidation sites excluding steroid dienone is 2. The highest BCUT2D eigenvalue weighted by Gasteiger charge is 2.47. The standard InChI is InChI=1S/C27H28FN5O/c1-17-11-18(2)30-27(29-17)33-14-19-12-32(13-20(19)15-33)26(34)25-22(21-7-3-4-8-23(21)28)16-31-10-6-5-9-24(25)31/h3-11,16,19-20,24-25H,12-15H2,1-2H3/t19-,20+,24?,25?. The van der Waals surface area contributed by atoms with Crippen LogP contribution in [0, 0.1) is 37.4 Å². The van der Waals surface area contributed by atoms with E-state index in [0.717, 1.165) is 49.1 Å². The van der Waals surface area contributed by atoms with E-state index in [1.807, 2.05) is 66.4 Å². The number of carbonyl (C=O) groups excluding carboxylic acids is 1. The van der Waals surface area contributed by atoms with Gasteiger partial charge < -0.3 is 14.7 Å². The van der Waals surface area contributed by atoms with Crippen LogP contribution < -0.4 is 4.90 Å². The molecule has 6 nitrogen and oxygen atoms in total. The smallest absolute Gasteiger partial charge is 0.232 e. The number of amides is 1. The molecule has 0 radical (unpaired) electrons. The van der Waals surface area contributed by atoms with Gasteiger partial charge in [-0.05, 0) is 37.6 Å². The second-order valence-electron chi connectivity index (χ2n) is 9.83. The zero-order chi connectivity index (χ0) is 23.4. The van der Waals surface area contributed by atoms with Crippen molar-refractivity contribution in [3.8, 4) is 0 Å². The highest BCUT2D eigenvalue weighted by atomic mass is 19.1. The van der Waals surface area contributed by atoms with Crippen LogP contribution in [0.15, 0.2) is 61.0 Å². The summed E-state index contributed by atoms with van der Waals surface area (Å²) in [5.74, 6) is 0.963. The van der Waals surface area contributed by atoms with E-state index in [0.29, 0.717) is 17.4 Å². The average molecular weight is 458 g/mol. The van der Waals surface area contributed by atoms with E-state index in [-0.39, 0.29) is 17.8 Å². The number of hydrogen-bond donors (Lipinski definition) is 0. The summed E-state index contributed by atoms with van der Waals surface area (Å²) in [4.78, 5) is 29.5. The Bertz CT molecular complexity index is 1200. The maximum atomic E-state index is 14.7. The molecule has 4 aliphatic heterocycles. The second-order valence-corrected chi connectivity index (χ2v) is 9.83. The topological polar surface area (TPSA) is 52.6 Å². The molecule has 2 aromatic rings. The number of aryl methyl sites for hydroxylation is 2. The first kappa shape index (κ1) is 21.1. The Morgan fingerprint density at radius 3 is 2.41 bits per heavy atom. The molecule has 0 bridgehead atoms. The molecule has 1 aromatic carbocycles. The van der Waals surface area contributed by atoms with Gasteiger partial charge in [-0.25, -0.2) is 14.4 Å². The minimum absolute atomic E-state index is 0.0885. The SMILES string of the molecule is Cc1cc(C)nc(N2C[C@H]3CN(C(=O)C4C(c5ccccc5F)=CN5C=CC=CC45)C[C@H]3C2)n1. The van der Waals surface area contributed by atoms with E-state index in [9.17, 15) is 9.18 Å². The molecule has 1 amide bonds. The van der Waals surface area contributed by atoms with E-state index < -0.39 is 5.92 Å². The molecule has 1 aromatic heterocycles. The third-order valence-corrected chi connectivity index (χ3v) is 7.49. The van der Waals surface area contributed by atoms with Crippen LogP contribution in [0.1, 0.15) is 17.0 Å². The van der Waals surface area contributed by atoms with Crippen LogP contribution in [0.25, 0.3) is 5.57 Å². The van der Waals surface area contributed by atoms with E-state index in [1.54, 1.807) is 12.1 Å². The molecule has 0 N–H and O–H groups in total. The van der Waals surface area contributed by atoms with Crippen molar-refractivity contribution in [2.75, 3.05) is 31.1 Å². The quantitative estimate of drug-likeness (QED) is 0.706. The molecular formula is C27H28FN5O. The Kier molecular flexibility index (Phi) is 5.01. The fourth-order valence-electron chi connectivity index (χ4n) is 5.96. The predicted octanol–water partition coefficient (Wildman–Crippen LogP) is 3.55. The molecule has 6 rings (SSSR count). The van der Waals surface area contributed by atoms with Crippen LogP contribution in [0.4, 0.5) is 10.3 Å². The first-order valence-electron chi connectivity index (χ1n) is 11.9. The molecule has 0 aliphatic carbocycles. The molecule has 2 unspecified atom stereocenters. The van der Waals surface area contributed by atoms with Gasteiger partial charge in [0.2, 0.25) is 11.9 Å². The summed E-state index contributed by atoms with van der Waals surface area (Å²) in [5.41, 5.74) is 3.22. The number of hydrogen-bond acceptors (Lipinski definition) is 5. The molecule has 5 heterocycles. The van der Waals surface area contributed by atoms with Crippen molar-refractivity contribution in [1.82, 2.24) is 19.8 Å². The van der Waals surface area contributed by atoms with Crippen molar-refractivity contribution in [3.63, 3.8) is 0 Å². The lowest BCUT2D eigenvalue weighted by Gasteiger charge is -2.30. The number of benzene rings is 1. The zero-order valence-corrected chi connectivity index (χ0v) is 19.4. The summed E-state index contributed by atoms with van der Waals surface area (Å²) in [7, 11) is 0. The van der Waals surface area contributed by atoms with Crippen LogP contribution in [0.3, 0.4) is 0 Å². The first-order valence-corrected chi connectivity index (χ1v) is 11.9. The van der Waals surface area contributed by atoms with Gasteiger partial charge in [0.1, 0.15) is 5.82 Å². The number of anilines is 1. The van der Waals surface area contributed by atoms with Gasteiger partial charge >= 0.3 is 0 Å². The van der Waals surface area contributed by atoms with E-state index in [1.165, 1.54) is 6.07 Å². The maximum Gasteiger partial charge on any atom is 0.232 e. The van der Waals surface area contributed by atoms with Crippen molar-refractivity contribution in [2.45, 2.75) is 19.9 Å². The summed E-state index contributed by atoms with van der Waals surface area (Å²) in [5, 5.41) is 0. The average Bonchev–Trinajstić information content (AvgIpc) is 3.50. The van der Waals surface area contributed by atoms with Crippen LogP contribution in [-0.2, 0) is 4.79 Å². The highest BCUT2D eigenvalue weighted by molar-refractivity contribution is 5.95. The zero-order valence-electron chi connectivity index (χ0n) is 19.4. The Labute approximate surface area is 199 Å². The molecular weight excluding hydrogens is 429 g/mol. The van der Waals surface area contributed by atoms with Gasteiger partial charge in [-0.15, -0.1) is 0 Å². The van der Waals surface area contributed by atoms with Crippen molar-refractivity contribution in [2.24, 2.45) is 17.8 Å². The van der Waals surface area contributed by atoms with Gasteiger partial charge in [-0.2, -0.15) is 0 Å². The van der Waals surface area contributed by atoms with Gasteiger partial charge in [0.25, 0.3) is 0 Å².